The van der Waals surface area contributed by atoms with Gasteiger partial charge in [0.25, 0.3) is 0 Å². The molecule has 1 N–H and O–H groups in total. The molecule has 0 saturated heterocycles. The first-order valence-corrected chi connectivity index (χ1v) is 8.55. The van der Waals surface area contributed by atoms with Crippen LogP contribution in [0.3, 0.4) is 0 Å². The highest BCUT2D eigenvalue weighted by molar-refractivity contribution is 5.92. The summed E-state index contributed by atoms with van der Waals surface area (Å²) in [6.07, 6.45) is 3.15. The zero-order chi connectivity index (χ0) is 19.0. The Bertz CT molecular complexity index is 1060. The number of aryl methyl sites for hydroxylation is 2. The lowest BCUT2D eigenvalue weighted by molar-refractivity contribution is 0.358. The lowest BCUT2D eigenvalue weighted by Crippen LogP contribution is -2.09. The van der Waals surface area contributed by atoms with E-state index in [-0.39, 0.29) is 0 Å². The van der Waals surface area contributed by atoms with Crippen molar-refractivity contribution in [3.63, 3.8) is 0 Å². The number of hydrogen-bond acceptors (Lipinski definition) is 8. The maximum absolute atomic E-state index is 6.07. The Labute approximate surface area is 156 Å². The van der Waals surface area contributed by atoms with Crippen LogP contribution in [0.15, 0.2) is 39.7 Å². The summed E-state index contributed by atoms with van der Waals surface area (Å²) in [6.45, 7) is 4.48. The molecule has 4 rings (SSSR count). The van der Waals surface area contributed by atoms with E-state index >= 15 is 0 Å². The molecule has 0 saturated carbocycles. The van der Waals surface area contributed by atoms with Crippen LogP contribution in [0.4, 0.5) is 11.6 Å². The smallest absolute Gasteiger partial charge is 0.177 e. The Kier molecular flexibility index (Phi) is 4.33. The summed E-state index contributed by atoms with van der Waals surface area (Å²) in [5.74, 6) is 2.81. The van der Waals surface area contributed by atoms with Crippen molar-refractivity contribution in [2.24, 2.45) is 0 Å². The highest BCUT2D eigenvalue weighted by Gasteiger charge is 2.18. The number of anilines is 2. The first-order chi connectivity index (χ1) is 13.0. The number of nitrogens with one attached hydrogen (secondary N) is 1. The van der Waals surface area contributed by atoms with Crippen molar-refractivity contribution in [3.8, 4) is 11.3 Å². The lowest BCUT2D eigenvalue weighted by atomic mass is 10.1. The van der Waals surface area contributed by atoms with Gasteiger partial charge in [0.15, 0.2) is 11.4 Å². The normalized spacial score (nSPS) is 11.4. The highest BCUT2D eigenvalue weighted by atomic mass is 16.5. The molecular formula is C19H20N6O2. The first-order valence-electron chi connectivity index (χ1n) is 8.55. The van der Waals surface area contributed by atoms with Gasteiger partial charge in [-0.25, -0.2) is 15.0 Å². The fourth-order valence-electron chi connectivity index (χ4n) is 3.04. The SMILES string of the molecule is Cc1noc(C)c1-c1cc2cc(CN(C)C)oc2c(Nc2ccncn2)n1. The van der Waals surface area contributed by atoms with Gasteiger partial charge in [-0.3, -0.25) is 0 Å². The van der Waals surface area contributed by atoms with Gasteiger partial charge in [-0.1, -0.05) is 5.16 Å². The van der Waals surface area contributed by atoms with Gasteiger partial charge in [0.2, 0.25) is 0 Å². The molecule has 138 valence electrons. The molecular weight excluding hydrogens is 344 g/mol. The third-order valence-corrected chi connectivity index (χ3v) is 4.14. The van der Waals surface area contributed by atoms with E-state index in [2.05, 4.69) is 25.3 Å². The van der Waals surface area contributed by atoms with E-state index in [1.54, 1.807) is 12.3 Å². The van der Waals surface area contributed by atoms with E-state index in [4.69, 9.17) is 13.9 Å². The van der Waals surface area contributed by atoms with Crippen LogP contribution in [-0.2, 0) is 6.54 Å². The Morgan fingerprint density at radius 2 is 2.04 bits per heavy atom. The van der Waals surface area contributed by atoms with Gasteiger partial charge >= 0.3 is 0 Å². The van der Waals surface area contributed by atoms with Crippen molar-refractivity contribution < 1.29 is 8.94 Å². The molecule has 0 radical (unpaired) electrons. The highest BCUT2D eigenvalue weighted by Crippen LogP contribution is 2.34. The maximum Gasteiger partial charge on any atom is 0.177 e. The quantitative estimate of drug-likeness (QED) is 0.573. The van der Waals surface area contributed by atoms with Crippen molar-refractivity contribution >= 4 is 22.6 Å². The predicted octanol–water partition coefficient (Wildman–Crippen LogP) is 3.69. The molecule has 0 aromatic carbocycles. The molecule has 8 heteroatoms. The van der Waals surface area contributed by atoms with Gasteiger partial charge in [0, 0.05) is 11.6 Å². The zero-order valence-electron chi connectivity index (χ0n) is 15.6. The standard InChI is InChI=1S/C19H20N6O2/c1-11-17(12(2)27-24-11)15-8-13-7-14(9-25(3)4)26-18(13)19(22-15)23-16-5-6-20-10-21-16/h5-8,10H,9H2,1-4H3,(H,20,21,22,23). The van der Waals surface area contributed by atoms with Crippen molar-refractivity contribution in [2.45, 2.75) is 20.4 Å². The van der Waals surface area contributed by atoms with E-state index in [1.807, 2.05) is 40.1 Å². The summed E-state index contributed by atoms with van der Waals surface area (Å²) in [7, 11) is 4.00. The second-order valence-corrected chi connectivity index (χ2v) is 6.64. The van der Waals surface area contributed by atoms with Gasteiger partial charge < -0.3 is 19.2 Å². The van der Waals surface area contributed by atoms with Gasteiger partial charge in [-0.15, -0.1) is 0 Å². The predicted molar refractivity (Wildman–Crippen MR) is 102 cm³/mol. The Hall–Kier alpha value is -3.26. The minimum absolute atomic E-state index is 0.589. The molecule has 27 heavy (non-hydrogen) atoms. The summed E-state index contributed by atoms with van der Waals surface area (Å²) >= 11 is 0. The second-order valence-electron chi connectivity index (χ2n) is 6.64. The van der Waals surface area contributed by atoms with E-state index in [1.165, 1.54) is 6.33 Å². The van der Waals surface area contributed by atoms with E-state index < -0.39 is 0 Å². The average Bonchev–Trinajstić information content (AvgIpc) is 3.17. The third kappa shape index (κ3) is 3.39. The molecule has 4 aromatic heterocycles. The molecule has 0 bridgehead atoms. The number of pyridine rings is 1. The molecule has 4 heterocycles. The number of nitrogens with zero attached hydrogens (tertiary/aromatic N) is 5. The van der Waals surface area contributed by atoms with Gasteiger partial charge in [0.1, 0.15) is 23.7 Å². The van der Waals surface area contributed by atoms with Crippen molar-refractivity contribution in [2.75, 3.05) is 19.4 Å². The van der Waals surface area contributed by atoms with Gasteiger partial charge in [-0.05, 0) is 46.1 Å². The maximum atomic E-state index is 6.07. The molecule has 0 aliphatic rings. The molecule has 0 spiro atoms. The minimum atomic E-state index is 0.589. The van der Waals surface area contributed by atoms with Gasteiger partial charge in [-0.2, -0.15) is 0 Å². The van der Waals surface area contributed by atoms with E-state index in [0.29, 0.717) is 23.8 Å². The average molecular weight is 364 g/mol. The molecule has 0 aliphatic carbocycles. The fourth-order valence-corrected chi connectivity index (χ4v) is 3.04. The van der Waals surface area contributed by atoms with Crippen LogP contribution in [0.25, 0.3) is 22.2 Å². The summed E-state index contributed by atoms with van der Waals surface area (Å²) in [4.78, 5) is 15.0. The molecule has 0 fully saturated rings. The van der Waals surface area contributed by atoms with Crippen molar-refractivity contribution in [1.82, 2.24) is 25.0 Å². The Morgan fingerprint density at radius 3 is 2.70 bits per heavy atom. The van der Waals surface area contributed by atoms with Crippen LogP contribution in [0.1, 0.15) is 17.2 Å². The summed E-state index contributed by atoms with van der Waals surface area (Å²) < 4.78 is 11.4. The number of furan rings is 1. The van der Waals surface area contributed by atoms with Crippen LogP contribution in [0.2, 0.25) is 0 Å². The summed E-state index contributed by atoms with van der Waals surface area (Å²) in [5.41, 5.74) is 3.14. The largest absolute Gasteiger partial charge is 0.456 e. The second kappa shape index (κ2) is 6.81. The number of fused-ring (bicyclic) bond motifs is 1. The minimum Gasteiger partial charge on any atom is -0.456 e. The molecule has 4 aromatic rings. The van der Waals surface area contributed by atoms with Crippen LogP contribution in [0.5, 0.6) is 0 Å². The third-order valence-electron chi connectivity index (χ3n) is 4.14. The molecule has 0 aliphatic heterocycles. The topological polar surface area (TPSA) is 93.1 Å². The van der Waals surface area contributed by atoms with E-state index in [9.17, 15) is 0 Å². The molecule has 0 atom stereocenters. The molecule has 0 unspecified atom stereocenters. The van der Waals surface area contributed by atoms with E-state index in [0.717, 1.165) is 33.9 Å². The number of hydrogen-bond donors (Lipinski definition) is 1. The number of aromatic nitrogens is 4. The van der Waals surface area contributed by atoms with Crippen molar-refractivity contribution in [3.05, 3.63) is 47.9 Å². The zero-order valence-corrected chi connectivity index (χ0v) is 15.6. The lowest BCUT2D eigenvalue weighted by Gasteiger charge is -2.08. The molecule has 0 amide bonds. The van der Waals surface area contributed by atoms with Crippen LogP contribution in [0, 0.1) is 13.8 Å². The van der Waals surface area contributed by atoms with Crippen LogP contribution < -0.4 is 5.32 Å². The number of rotatable bonds is 5. The Morgan fingerprint density at radius 1 is 1.19 bits per heavy atom. The summed E-state index contributed by atoms with van der Waals surface area (Å²) in [5, 5.41) is 8.23. The fraction of sp³-hybridized carbons (Fsp3) is 0.263. The Balaban J connectivity index is 1.88. The molecule has 8 nitrogen and oxygen atoms in total. The van der Waals surface area contributed by atoms with Gasteiger partial charge in [0.05, 0.1) is 23.5 Å². The summed E-state index contributed by atoms with van der Waals surface area (Å²) in [6, 6.07) is 5.80. The van der Waals surface area contributed by atoms with Crippen molar-refractivity contribution in [1.29, 1.82) is 0 Å². The van der Waals surface area contributed by atoms with Crippen LogP contribution >= 0.6 is 0 Å². The van der Waals surface area contributed by atoms with Crippen LogP contribution in [-0.4, -0.2) is 39.1 Å². The monoisotopic (exact) mass is 364 g/mol. The first kappa shape index (κ1) is 17.2.